The molecule has 1 amide bonds. The first-order valence-corrected chi connectivity index (χ1v) is 4.41. The Morgan fingerprint density at radius 2 is 2.21 bits per heavy atom. The highest BCUT2D eigenvalue weighted by molar-refractivity contribution is 5.95. The van der Waals surface area contributed by atoms with Gasteiger partial charge in [0.2, 0.25) is 0 Å². The predicted molar refractivity (Wildman–Crippen MR) is 54.9 cm³/mol. The molecule has 1 aromatic rings. The molecule has 4 heteroatoms. The summed E-state index contributed by atoms with van der Waals surface area (Å²) in [5, 5.41) is 2.74. The van der Waals surface area contributed by atoms with Crippen LogP contribution in [0.4, 0.5) is 11.4 Å². The number of amides is 1. The normalized spacial score (nSPS) is 14.0. The standard InChI is InChI=1S/C10H12N2O2/c1-12(2)7-3-4-8-9(5-7)14-6-10(13)11-8/h3-5H,6H2,1-2H3,(H,11,13). The highest BCUT2D eigenvalue weighted by Crippen LogP contribution is 2.31. The van der Waals surface area contributed by atoms with Crippen molar-refractivity contribution >= 4 is 17.3 Å². The molecule has 2 rings (SSSR count). The number of carbonyl (C=O) groups is 1. The van der Waals surface area contributed by atoms with Crippen LogP contribution in [-0.4, -0.2) is 26.6 Å². The van der Waals surface area contributed by atoms with Crippen LogP contribution in [0.25, 0.3) is 0 Å². The van der Waals surface area contributed by atoms with E-state index in [9.17, 15) is 4.79 Å². The molecule has 0 unspecified atom stereocenters. The third-order valence-corrected chi connectivity index (χ3v) is 2.11. The molecule has 74 valence electrons. The van der Waals surface area contributed by atoms with Crippen molar-refractivity contribution in [2.24, 2.45) is 0 Å². The summed E-state index contributed by atoms with van der Waals surface area (Å²) in [6.45, 7) is 0.101. The summed E-state index contributed by atoms with van der Waals surface area (Å²) in [5.74, 6) is 0.630. The molecule has 0 fully saturated rings. The van der Waals surface area contributed by atoms with E-state index >= 15 is 0 Å². The van der Waals surface area contributed by atoms with Gasteiger partial charge in [0, 0.05) is 25.8 Å². The molecular weight excluding hydrogens is 180 g/mol. The maximum atomic E-state index is 11.0. The van der Waals surface area contributed by atoms with Crippen LogP contribution >= 0.6 is 0 Å². The van der Waals surface area contributed by atoms with Crippen molar-refractivity contribution in [3.8, 4) is 5.75 Å². The second-order valence-electron chi connectivity index (χ2n) is 3.41. The van der Waals surface area contributed by atoms with Gasteiger partial charge < -0.3 is 15.0 Å². The molecule has 0 spiro atoms. The van der Waals surface area contributed by atoms with Crippen LogP contribution in [0.3, 0.4) is 0 Å². The molecule has 0 saturated heterocycles. The Morgan fingerprint density at radius 3 is 2.93 bits per heavy atom. The maximum Gasteiger partial charge on any atom is 0.262 e. The van der Waals surface area contributed by atoms with Gasteiger partial charge in [-0.1, -0.05) is 0 Å². The molecule has 1 aliphatic heterocycles. The number of carbonyl (C=O) groups excluding carboxylic acids is 1. The van der Waals surface area contributed by atoms with Crippen molar-refractivity contribution in [2.45, 2.75) is 0 Å². The van der Waals surface area contributed by atoms with Gasteiger partial charge in [0.25, 0.3) is 5.91 Å². The summed E-state index contributed by atoms with van der Waals surface area (Å²) in [7, 11) is 3.92. The van der Waals surface area contributed by atoms with E-state index in [0.29, 0.717) is 0 Å². The van der Waals surface area contributed by atoms with Gasteiger partial charge in [-0.05, 0) is 12.1 Å². The average Bonchev–Trinajstić information content (AvgIpc) is 2.16. The van der Waals surface area contributed by atoms with Gasteiger partial charge in [-0.2, -0.15) is 0 Å². The van der Waals surface area contributed by atoms with E-state index in [-0.39, 0.29) is 12.5 Å². The summed E-state index contributed by atoms with van der Waals surface area (Å²) < 4.78 is 5.29. The first-order chi connectivity index (χ1) is 6.66. The van der Waals surface area contributed by atoms with Crippen LogP contribution in [-0.2, 0) is 4.79 Å². The topological polar surface area (TPSA) is 41.6 Å². The van der Waals surface area contributed by atoms with Crippen molar-refractivity contribution in [2.75, 3.05) is 30.9 Å². The van der Waals surface area contributed by atoms with Crippen LogP contribution < -0.4 is 15.0 Å². The largest absolute Gasteiger partial charge is 0.482 e. The number of nitrogens with one attached hydrogen (secondary N) is 1. The van der Waals surface area contributed by atoms with Gasteiger partial charge in [-0.15, -0.1) is 0 Å². The quantitative estimate of drug-likeness (QED) is 0.724. The SMILES string of the molecule is CN(C)c1ccc2c(c1)OCC(=O)N2. The molecule has 0 aromatic heterocycles. The Balaban J connectivity index is 2.36. The molecule has 1 N–H and O–H groups in total. The molecule has 1 aliphatic rings. The van der Waals surface area contributed by atoms with Gasteiger partial charge >= 0.3 is 0 Å². The summed E-state index contributed by atoms with van der Waals surface area (Å²) in [6.07, 6.45) is 0. The molecule has 0 atom stereocenters. The van der Waals surface area contributed by atoms with Gasteiger partial charge in [0.05, 0.1) is 5.69 Å². The minimum atomic E-state index is -0.102. The van der Waals surface area contributed by atoms with Crippen molar-refractivity contribution in [3.05, 3.63) is 18.2 Å². The minimum Gasteiger partial charge on any atom is -0.482 e. The summed E-state index contributed by atoms with van der Waals surface area (Å²) >= 11 is 0. The van der Waals surface area contributed by atoms with Crippen molar-refractivity contribution < 1.29 is 9.53 Å². The monoisotopic (exact) mass is 192 g/mol. The predicted octanol–water partition coefficient (Wildman–Crippen LogP) is 1.08. The zero-order valence-electron chi connectivity index (χ0n) is 8.20. The van der Waals surface area contributed by atoms with Gasteiger partial charge in [-0.25, -0.2) is 0 Å². The number of hydrogen-bond acceptors (Lipinski definition) is 3. The minimum absolute atomic E-state index is 0.101. The van der Waals surface area contributed by atoms with Gasteiger partial charge in [0.1, 0.15) is 5.75 Å². The molecule has 1 heterocycles. The lowest BCUT2D eigenvalue weighted by atomic mass is 10.2. The molecule has 0 bridgehead atoms. The summed E-state index contributed by atoms with van der Waals surface area (Å²) in [6, 6.07) is 5.70. The van der Waals surface area contributed by atoms with Crippen LogP contribution in [0.15, 0.2) is 18.2 Å². The molecule has 1 aromatic carbocycles. The Labute approximate surface area is 82.5 Å². The maximum absolute atomic E-state index is 11.0. The Bertz CT molecular complexity index is 374. The lowest BCUT2D eigenvalue weighted by molar-refractivity contribution is -0.118. The van der Waals surface area contributed by atoms with Crippen molar-refractivity contribution in [1.82, 2.24) is 0 Å². The number of fused-ring (bicyclic) bond motifs is 1. The molecule has 4 nitrogen and oxygen atoms in total. The molecule has 14 heavy (non-hydrogen) atoms. The second kappa shape index (κ2) is 3.21. The fourth-order valence-electron chi connectivity index (χ4n) is 1.34. The first kappa shape index (κ1) is 8.87. The van der Waals surface area contributed by atoms with Crippen LogP contribution in [0.2, 0.25) is 0 Å². The number of nitrogens with zero attached hydrogens (tertiary/aromatic N) is 1. The number of anilines is 2. The van der Waals surface area contributed by atoms with Crippen LogP contribution in [0.5, 0.6) is 5.75 Å². The lowest BCUT2D eigenvalue weighted by Gasteiger charge is -2.20. The van der Waals surface area contributed by atoms with E-state index in [1.165, 1.54) is 0 Å². The third-order valence-electron chi connectivity index (χ3n) is 2.11. The van der Waals surface area contributed by atoms with Crippen molar-refractivity contribution in [3.63, 3.8) is 0 Å². The second-order valence-corrected chi connectivity index (χ2v) is 3.41. The Hall–Kier alpha value is -1.71. The number of ether oxygens (including phenoxy) is 1. The third kappa shape index (κ3) is 1.51. The number of rotatable bonds is 1. The fourth-order valence-corrected chi connectivity index (χ4v) is 1.34. The highest BCUT2D eigenvalue weighted by Gasteiger charge is 2.15. The average molecular weight is 192 g/mol. The van der Waals surface area contributed by atoms with E-state index in [1.807, 2.05) is 37.2 Å². The molecule has 0 radical (unpaired) electrons. The first-order valence-electron chi connectivity index (χ1n) is 4.41. The van der Waals surface area contributed by atoms with Crippen LogP contribution in [0.1, 0.15) is 0 Å². The van der Waals surface area contributed by atoms with Crippen LogP contribution in [0, 0.1) is 0 Å². The van der Waals surface area contributed by atoms with Gasteiger partial charge in [-0.3, -0.25) is 4.79 Å². The summed E-state index contributed by atoms with van der Waals surface area (Å²) in [4.78, 5) is 13.0. The Morgan fingerprint density at radius 1 is 1.43 bits per heavy atom. The van der Waals surface area contributed by atoms with Crippen molar-refractivity contribution in [1.29, 1.82) is 0 Å². The highest BCUT2D eigenvalue weighted by atomic mass is 16.5. The van der Waals surface area contributed by atoms with E-state index in [2.05, 4.69) is 5.32 Å². The molecular formula is C10H12N2O2. The van der Waals surface area contributed by atoms with E-state index in [1.54, 1.807) is 0 Å². The Kier molecular flexibility index (Phi) is 2.04. The van der Waals surface area contributed by atoms with Gasteiger partial charge in [0.15, 0.2) is 6.61 Å². The van der Waals surface area contributed by atoms with E-state index < -0.39 is 0 Å². The lowest BCUT2D eigenvalue weighted by Crippen LogP contribution is -2.25. The van der Waals surface area contributed by atoms with E-state index in [0.717, 1.165) is 17.1 Å². The summed E-state index contributed by atoms with van der Waals surface area (Å²) in [5.41, 5.74) is 1.80. The number of hydrogen-bond donors (Lipinski definition) is 1. The zero-order chi connectivity index (χ0) is 10.1. The molecule has 0 saturated carbocycles. The van der Waals surface area contributed by atoms with E-state index in [4.69, 9.17) is 4.74 Å². The number of benzene rings is 1. The fraction of sp³-hybridized carbons (Fsp3) is 0.300. The molecule has 0 aliphatic carbocycles. The smallest absolute Gasteiger partial charge is 0.262 e. The zero-order valence-corrected chi connectivity index (χ0v) is 8.20.